The number of nitrogens with one attached hydrogen (secondary N) is 2. The molecule has 0 aliphatic carbocycles. The summed E-state index contributed by atoms with van der Waals surface area (Å²) in [6, 6.07) is 11.3. The van der Waals surface area contributed by atoms with E-state index in [0.29, 0.717) is 59.8 Å². The second kappa shape index (κ2) is 15.4. The maximum atomic E-state index is 15.5. The van der Waals surface area contributed by atoms with Crippen LogP contribution >= 0.6 is 0 Å². The van der Waals surface area contributed by atoms with Crippen molar-refractivity contribution in [3.63, 3.8) is 0 Å². The highest BCUT2D eigenvalue weighted by Crippen LogP contribution is 2.41. The van der Waals surface area contributed by atoms with E-state index in [-0.39, 0.29) is 35.6 Å². The van der Waals surface area contributed by atoms with Crippen molar-refractivity contribution in [1.82, 2.24) is 14.9 Å². The predicted molar refractivity (Wildman–Crippen MR) is 185 cm³/mol. The molecule has 2 amide bonds. The number of urea groups is 1. The average molecular weight is 691 g/mol. The molecule has 49 heavy (non-hydrogen) atoms. The number of carbonyl (C=O) groups excluding carboxylic acids is 1. The molecule has 5 rings (SSSR count). The monoisotopic (exact) mass is 690 g/mol. The van der Waals surface area contributed by atoms with Crippen LogP contribution in [0.15, 0.2) is 48.8 Å². The van der Waals surface area contributed by atoms with Gasteiger partial charge in [0.25, 0.3) is 0 Å². The molecule has 2 N–H and O–H groups in total. The van der Waals surface area contributed by atoms with E-state index in [2.05, 4.69) is 48.6 Å². The standard InChI is InChI=1S/C36H42F2N5O5Si/c1-22(2)36(19-46-20-36)18-41-35(44)42-26-14-28(37)33(29(38)15-26)48-31-9-10-40-34-32(31)27(17-43(34)21-45-11-12-49(5)6)24-7-8-30(47-23(3)4)25(13-24)16-39/h7-10,13-15,17,22-23H,11-12,18-21H2,1-6H3,(H2,41,42,44). The van der Waals surface area contributed by atoms with Crippen LogP contribution in [0.4, 0.5) is 19.3 Å². The van der Waals surface area contributed by atoms with Crippen molar-refractivity contribution in [2.45, 2.75) is 59.7 Å². The topological polar surface area (TPSA) is 120 Å². The third-order valence-corrected chi connectivity index (χ3v) is 9.75. The summed E-state index contributed by atoms with van der Waals surface area (Å²) in [7, 11) is -0.472. The fourth-order valence-electron chi connectivity index (χ4n) is 5.44. The summed E-state index contributed by atoms with van der Waals surface area (Å²) >= 11 is 0. The van der Waals surface area contributed by atoms with Gasteiger partial charge < -0.3 is 34.1 Å². The zero-order valence-electron chi connectivity index (χ0n) is 28.7. The molecule has 0 unspecified atom stereocenters. The molecule has 0 saturated carbocycles. The number of nitriles is 1. The lowest BCUT2D eigenvalue weighted by Gasteiger charge is -2.44. The third kappa shape index (κ3) is 8.21. The van der Waals surface area contributed by atoms with Crippen LogP contribution in [0.2, 0.25) is 19.1 Å². The highest BCUT2D eigenvalue weighted by Gasteiger charge is 2.41. The highest BCUT2D eigenvalue weighted by atomic mass is 28.3. The number of rotatable bonds is 14. The van der Waals surface area contributed by atoms with Crippen molar-refractivity contribution >= 4 is 31.5 Å². The van der Waals surface area contributed by atoms with Crippen LogP contribution in [0.3, 0.4) is 0 Å². The highest BCUT2D eigenvalue weighted by molar-refractivity contribution is 6.55. The fourth-order valence-corrected chi connectivity index (χ4v) is 6.00. The maximum Gasteiger partial charge on any atom is 0.319 e. The molecule has 259 valence electrons. The van der Waals surface area contributed by atoms with Gasteiger partial charge in [0, 0.05) is 63.1 Å². The Labute approximate surface area is 286 Å². The molecule has 10 nitrogen and oxygen atoms in total. The van der Waals surface area contributed by atoms with Crippen molar-refractivity contribution in [3.05, 3.63) is 66.0 Å². The number of ether oxygens (including phenoxy) is 4. The van der Waals surface area contributed by atoms with Gasteiger partial charge in [0.05, 0.1) is 30.3 Å². The number of aromatic nitrogens is 2. The normalized spacial score (nSPS) is 13.8. The molecule has 1 saturated heterocycles. The van der Waals surface area contributed by atoms with Crippen molar-refractivity contribution in [2.75, 3.05) is 31.7 Å². The third-order valence-electron chi connectivity index (χ3n) is 8.54. The molecule has 1 aliphatic rings. The summed E-state index contributed by atoms with van der Waals surface area (Å²) in [6.45, 7) is 14.5. The lowest BCUT2D eigenvalue weighted by Crippen LogP contribution is -2.54. The van der Waals surface area contributed by atoms with E-state index in [1.54, 1.807) is 16.7 Å². The van der Waals surface area contributed by atoms with Crippen LogP contribution < -0.4 is 20.1 Å². The molecule has 1 radical (unpaired) electrons. The van der Waals surface area contributed by atoms with Crippen LogP contribution in [-0.2, 0) is 16.2 Å². The van der Waals surface area contributed by atoms with E-state index in [1.165, 1.54) is 12.3 Å². The summed E-state index contributed by atoms with van der Waals surface area (Å²) in [5.41, 5.74) is 1.85. The van der Waals surface area contributed by atoms with Gasteiger partial charge in [-0.3, -0.25) is 0 Å². The Morgan fingerprint density at radius 1 is 1.12 bits per heavy atom. The van der Waals surface area contributed by atoms with E-state index in [0.717, 1.165) is 18.2 Å². The molecular weight excluding hydrogens is 649 g/mol. The number of anilines is 1. The van der Waals surface area contributed by atoms with Crippen molar-refractivity contribution in [1.29, 1.82) is 5.26 Å². The quantitative estimate of drug-likeness (QED) is 0.102. The summed E-state index contributed by atoms with van der Waals surface area (Å²) in [5.74, 6) is -1.77. The van der Waals surface area contributed by atoms with E-state index in [1.807, 2.05) is 26.1 Å². The van der Waals surface area contributed by atoms with Gasteiger partial charge in [-0.1, -0.05) is 33.0 Å². The molecular formula is C36H42F2N5O5Si. The Hall–Kier alpha value is -4.51. The number of hydrogen-bond donors (Lipinski definition) is 2. The average Bonchev–Trinajstić information content (AvgIpc) is 3.39. The predicted octanol–water partition coefficient (Wildman–Crippen LogP) is 7.96. The van der Waals surface area contributed by atoms with Crippen LogP contribution in [0, 0.1) is 34.3 Å². The fraction of sp³-hybridized carbons (Fsp3) is 0.417. The SMILES string of the molecule is CC(C)Oc1ccc(-c2cn(COCC[Si](C)C)c3nccc(Oc4c(F)cc(NC(=O)NCC5(C(C)C)COC5)cc4F)c23)cc1C#N. The molecule has 1 aliphatic heterocycles. The number of hydrogen-bond acceptors (Lipinski definition) is 7. The van der Waals surface area contributed by atoms with E-state index < -0.39 is 32.2 Å². The zero-order chi connectivity index (χ0) is 35.3. The van der Waals surface area contributed by atoms with Gasteiger partial charge in [-0.2, -0.15) is 5.26 Å². The summed E-state index contributed by atoms with van der Waals surface area (Å²) in [4.78, 5) is 17.2. The van der Waals surface area contributed by atoms with E-state index >= 15 is 8.78 Å². The van der Waals surface area contributed by atoms with Crippen molar-refractivity contribution in [3.8, 4) is 34.4 Å². The van der Waals surface area contributed by atoms with Gasteiger partial charge in [0.1, 0.15) is 29.9 Å². The maximum absolute atomic E-state index is 15.5. The largest absolute Gasteiger partial charge is 0.490 e. The summed E-state index contributed by atoms with van der Waals surface area (Å²) < 4.78 is 55.9. The Balaban J connectivity index is 1.45. The van der Waals surface area contributed by atoms with Gasteiger partial charge in [-0.15, -0.1) is 0 Å². The lowest BCUT2D eigenvalue weighted by atomic mass is 9.75. The van der Waals surface area contributed by atoms with Crippen LogP contribution in [0.25, 0.3) is 22.2 Å². The van der Waals surface area contributed by atoms with Gasteiger partial charge in [-0.05, 0) is 49.6 Å². The van der Waals surface area contributed by atoms with Crippen molar-refractivity contribution < 1.29 is 32.5 Å². The molecule has 2 aromatic carbocycles. The summed E-state index contributed by atoms with van der Waals surface area (Å²) in [6.07, 6.45) is 3.19. The Morgan fingerprint density at radius 3 is 2.47 bits per heavy atom. The number of fused-ring (bicyclic) bond motifs is 1. The Bertz CT molecular complexity index is 1830. The van der Waals surface area contributed by atoms with E-state index in [9.17, 15) is 10.1 Å². The number of pyridine rings is 1. The second-order valence-electron chi connectivity index (χ2n) is 13.2. The van der Waals surface area contributed by atoms with Crippen LogP contribution in [0.1, 0.15) is 33.3 Å². The van der Waals surface area contributed by atoms with Crippen LogP contribution in [0.5, 0.6) is 17.2 Å². The van der Waals surface area contributed by atoms with Gasteiger partial charge in [0.2, 0.25) is 0 Å². The Kier molecular flexibility index (Phi) is 11.2. The first-order valence-electron chi connectivity index (χ1n) is 16.3. The zero-order valence-corrected chi connectivity index (χ0v) is 29.7. The number of benzene rings is 2. The van der Waals surface area contributed by atoms with Crippen molar-refractivity contribution in [2.24, 2.45) is 11.3 Å². The molecule has 0 bridgehead atoms. The summed E-state index contributed by atoms with van der Waals surface area (Å²) in [5, 5.41) is 15.7. The van der Waals surface area contributed by atoms with Gasteiger partial charge in [-0.25, -0.2) is 18.6 Å². The van der Waals surface area contributed by atoms with Crippen LogP contribution in [-0.4, -0.2) is 56.8 Å². The molecule has 3 heterocycles. The van der Waals surface area contributed by atoms with E-state index in [4.69, 9.17) is 18.9 Å². The molecule has 1 fully saturated rings. The first-order valence-corrected chi connectivity index (χ1v) is 19.0. The molecule has 0 atom stereocenters. The van der Waals surface area contributed by atoms with Gasteiger partial charge >= 0.3 is 6.03 Å². The lowest BCUT2D eigenvalue weighted by molar-refractivity contribution is -0.134. The molecule has 2 aromatic heterocycles. The van der Waals surface area contributed by atoms with Gasteiger partial charge in [0.15, 0.2) is 17.4 Å². The molecule has 0 spiro atoms. The molecule has 13 heteroatoms. The minimum absolute atomic E-state index is 0.0662. The number of amides is 2. The molecule has 4 aromatic rings. The second-order valence-corrected chi connectivity index (χ2v) is 16.1. The first kappa shape index (κ1) is 35.8. The first-order chi connectivity index (χ1) is 23.4. The number of halogens is 2. The minimum atomic E-state index is -1.01. The minimum Gasteiger partial charge on any atom is -0.490 e. The Morgan fingerprint density at radius 2 is 1.86 bits per heavy atom. The smallest absolute Gasteiger partial charge is 0.319 e. The number of carbonyl (C=O) groups is 1. The number of nitrogens with zero attached hydrogens (tertiary/aromatic N) is 3.